The Bertz CT molecular complexity index is 1100. The average Bonchev–Trinajstić information content (AvgIpc) is 3.54. The molecule has 4 aromatic rings. The number of hydrogen-bond donors (Lipinski definition) is 2. The van der Waals surface area contributed by atoms with Gasteiger partial charge in [0.15, 0.2) is 0 Å². The molecular weight excluding hydrogens is 420 g/mol. The van der Waals surface area contributed by atoms with Crippen LogP contribution in [0.25, 0.3) is 11.4 Å². The largest absolute Gasteiger partial charge is 0.324 e. The van der Waals surface area contributed by atoms with Crippen LogP contribution >= 0.6 is 0 Å². The molecule has 10 heteroatoms. The second-order valence-corrected chi connectivity index (χ2v) is 7.39. The SMILES string of the molecule is O=C(CCCCCC(=O)Nc1ccccc1-n1ccnn1)Nc1ccccc1-n1ccnn1. The van der Waals surface area contributed by atoms with Crippen LogP contribution in [-0.2, 0) is 9.59 Å². The van der Waals surface area contributed by atoms with Crippen molar-refractivity contribution in [3.63, 3.8) is 0 Å². The average molecular weight is 444 g/mol. The number of nitrogens with zero attached hydrogens (tertiary/aromatic N) is 6. The first kappa shape index (κ1) is 21.9. The predicted octanol–water partition coefficient (Wildman–Crippen LogP) is 3.38. The van der Waals surface area contributed by atoms with Crippen LogP contribution in [-0.4, -0.2) is 41.8 Å². The van der Waals surface area contributed by atoms with Crippen molar-refractivity contribution in [2.75, 3.05) is 10.6 Å². The van der Waals surface area contributed by atoms with Gasteiger partial charge < -0.3 is 10.6 Å². The van der Waals surface area contributed by atoms with Gasteiger partial charge in [-0.05, 0) is 37.1 Å². The summed E-state index contributed by atoms with van der Waals surface area (Å²) in [7, 11) is 0. The van der Waals surface area contributed by atoms with Gasteiger partial charge >= 0.3 is 0 Å². The number of nitrogens with one attached hydrogen (secondary N) is 2. The zero-order chi connectivity index (χ0) is 22.9. The highest BCUT2D eigenvalue weighted by Gasteiger charge is 2.10. The maximum atomic E-state index is 12.4. The number of hydrogen-bond acceptors (Lipinski definition) is 6. The van der Waals surface area contributed by atoms with Gasteiger partial charge in [-0.15, -0.1) is 10.2 Å². The van der Waals surface area contributed by atoms with E-state index >= 15 is 0 Å². The van der Waals surface area contributed by atoms with Crippen LogP contribution in [0, 0.1) is 0 Å². The Labute approximate surface area is 190 Å². The minimum atomic E-state index is -0.0752. The third-order valence-electron chi connectivity index (χ3n) is 5.00. The number of anilines is 2. The number of aromatic nitrogens is 6. The molecule has 0 aliphatic rings. The van der Waals surface area contributed by atoms with Gasteiger partial charge in [0.2, 0.25) is 11.8 Å². The molecule has 2 aromatic heterocycles. The molecule has 2 heterocycles. The number of unbranched alkanes of at least 4 members (excludes halogenated alkanes) is 2. The molecule has 2 aromatic carbocycles. The number of para-hydroxylation sites is 4. The first-order valence-electron chi connectivity index (χ1n) is 10.7. The molecule has 0 atom stereocenters. The Morgan fingerprint density at radius 3 is 1.55 bits per heavy atom. The van der Waals surface area contributed by atoms with Gasteiger partial charge in [-0.1, -0.05) is 41.1 Å². The van der Waals surface area contributed by atoms with E-state index in [-0.39, 0.29) is 11.8 Å². The van der Waals surface area contributed by atoms with Crippen LogP contribution in [0.1, 0.15) is 32.1 Å². The Morgan fingerprint density at radius 2 is 1.12 bits per heavy atom. The summed E-state index contributed by atoms with van der Waals surface area (Å²) < 4.78 is 3.21. The fourth-order valence-electron chi connectivity index (χ4n) is 3.40. The van der Waals surface area contributed by atoms with E-state index in [4.69, 9.17) is 0 Å². The monoisotopic (exact) mass is 444 g/mol. The lowest BCUT2D eigenvalue weighted by Gasteiger charge is -2.11. The van der Waals surface area contributed by atoms with Crippen LogP contribution < -0.4 is 10.6 Å². The summed E-state index contributed by atoms with van der Waals surface area (Å²) in [5.41, 5.74) is 2.87. The smallest absolute Gasteiger partial charge is 0.224 e. The van der Waals surface area contributed by atoms with Crippen LogP contribution in [0.2, 0.25) is 0 Å². The summed E-state index contributed by atoms with van der Waals surface area (Å²) >= 11 is 0. The summed E-state index contributed by atoms with van der Waals surface area (Å²) in [4.78, 5) is 24.7. The number of benzene rings is 2. The molecule has 0 aliphatic carbocycles. The minimum Gasteiger partial charge on any atom is -0.324 e. The lowest BCUT2D eigenvalue weighted by atomic mass is 10.1. The lowest BCUT2D eigenvalue weighted by Crippen LogP contribution is -2.14. The maximum Gasteiger partial charge on any atom is 0.224 e. The van der Waals surface area contributed by atoms with E-state index in [1.54, 1.807) is 34.2 Å². The molecule has 0 aliphatic heterocycles. The van der Waals surface area contributed by atoms with Crippen molar-refractivity contribution in [2.45, 2.75) is 32.1 Å². The maximum absolute atomic E-state index is 12.4. The fourth-order valence-corrected chi connectivity index (χ4v) is 3.40. The molecule has 0 unspecified atom stereocenters. The molecule has 10 nitrogen and oxygen atoms in total. The van der Waals surface area contributed by atoms with E-state index in [0.717, 1.165) is 17.8 Å². The summed E-state index contributed by atoms with van der Waals surface area (Å²) in [6, 6.07) is 14.9. The molecule has 0 bridgehead atoms. The van der Waals surface area contributed by atoms with E-state index in [1.807, 2.05) is 48.5 Å². The van der Waals surface area contributed by atoms with Crippen molar-refractivity contribution in [1.29, 1.82) is 0 Å². The van der Waals surface area contributed by atoms with E-state index < -0.39 is 0 Å². The third-order valence-corrected chi connectivity index (χ3v) is 5.00. The third kappa shape index (κ3) is 5.88. The highest BCUT2D eigenvalue weighted by molar-refractivity contribution is 5.93. The summed E-state index contributed by atoms with van der Waals surface area (Å²) in [5, 5.41) is 21.4. The van der Waals surface area contributed by atoms with E-state index in [0.29, 0.717) is 37.1 Å². The molecular formula is C23H24N8O2. The zero-order valence-corrected chi connectivity index (χ0v) is 18.0. The summed E-state index contributed by atoms with van der Waals surface area (Å²) in [5.74, 6) is -0.150. The summed E-state index contributed by atoms with van der Waals surface area (Å²) in [6.45, 7) is 0. The molecule has 0 fully saturated rings. The molecule has 0 spiro atoms. The Hall–Kier alpha value is -4.34. The Kier molecular flexibility index (Phi) is 7.16. The quantitative estimate of drug-likeness (QED) is 0.362. The Morgan fingerprint density at radius 1 is 0.667 bits per heavy atom. The van der Waals surface area contributed by atoms with E-state index in [9.17, 15) is 9.59 Å². The zero-order valence-electron chi connectivity index (χ0n) is 18.0. The molecule has 0 saturated heterocycles. The number of amides is 2. The van der Waals surface area contributed by atoms with Crippen LogP contribution in [0.15, 0.2) is 73.3 Å². The molecule has 0 saturated carbocycles. The van der Waals surface area contributed by atoms with Gasteiger partial charge in [0.05, 0.1) is 47.5 Å². The van der Waals surface area contributed by atoms with Crippen molar-refractivity contribution in [3.8, 4) is 11.4 Å². The fraction of sp³-hybridized carbons (Fsp3) is 0.217. The minimum absolute atomic E-state index is 0.0752. The van der Waals surface area contributed by atoms with Crippen molar-refractivity contribution in [1.82, 2.24) is 30.0 Å². The standard InChI is InChI=1S/C23H24N8O2/c32-22(26-18-8-4-6-10-20(18)30-16-14-24-28-30)12-2-1-3-13-23(33)27-19-9-5-7-11-21(19)31-17-15-25-29-31/h4-11,14-17H,1-3,12-13H2,(H,26,32)(H,27,33). The van der Waals surface area contributed by atoms with Crippen LogP contribution in [0.4, 0.5) is 11.4 Å². The summed E-state index contributed by atoms with van der Waals surface area (Å²) in [6.07, 6.45) is 9.53. The normalized spacial score (nSPS) is 10.7. The molecule has 2 N–H and O–H groups in total. The first-order valence-corrected chi connectivity index (χ1v) is 10.7. The predicted molar refractivity (Wildman–Crippen MR) is 123 cm³/mol. The van der Waals surface area contributed by atoms with Crippen molar-refractivity contribution in [2.24, 2.45) is 0 Å². The molecule has 2 amide bonds. The van der Waals surface area contributed by atoms with Crippen molar-refractivity contribution in [3.05, 3.63) is 73.3 Å². The highest BCUT2D eigenvalue weighted by atomic mass is 16.2. The van der Waals surface area contributed by atoms with Gasteiger partial charge in [0.1, 0.15) is 0 Å². The van der Waals surface area contributed by atoms with Gasteiger partial charge in [0.25, 0.3) is 0 Å². The van der Waals surface area contributed by atoms with Gasteiger partial charge in [-0.2, -0.15) is 0 Å². The van der Waals surface area contributed by atoms with Crippen molar-refractivity contribution >= 4 is 23.2 Å². The first-order chi connectivity index (χ1) is 16.2. The number of rotatable bonds is 10. The van der Waals surface area contributed by atoms with E-state index in [1.165, 1.54) is 0 Å². The Balaban J connectivity index is 1.20. The van der Waals surface area contributed by atoms with Gasteiger partial charge in [-0.25, -0.2) is 9.36 Å². The van der Waals surface area contributed by atoms with Gasteiger partial charge in [0, 0.05) is 12.8 Å². The topological polar surface area (TPSA) is 120 Å². The molecule has 4 rings (SSSR count). The highest BCUT2D eigenvalue weighted by Crippen LogP contribution is 2.20. The number of carbonyl (C=O) groups is 2. The second-order valence-electron chi connectivity index (χ2n) is 7.39. The van der Waals surface area contributed by atoms with Crippen LogP contribution in [0.3, 0.4) is 0 Å². The second kappa shape index (κ2) is 10.8. The van der Waals surface area contributed by atoms with Gasteiger partial charge in [-0.3, -0.25) is 9.59 Å². The molecule has 0 radical (unpaired) electrons. The van der Waals surface area contributed by atoms with Crippen LogP contribution in [0.5, 0.6) is 0 Å². The van der Waals surface area contributed by atoms with Crippen molar-refractivity contribution < 1.29 is 9.59 Å². The molecule has 168 valence electrons. The molecule has 33 heavy (non-hydrogen) atoms. The lowest BCUT2D eigenvalue weighted by molar-refractivity contribution is -0.116. The number of carbonyl (C=O) groups excluding carboxylic acids is 2. The van der Waals surface area contributed by atoms with E-state index in [2.05, 4.69) is 31.3 Å².